The Kier molecular flexibility index (Phi) is 31.9. The summed E-state index contributed by atoms with van der Waals surface area (Å²) in [4.78, 5) is 2.91. The van der Waals surface area contributed by atoms with Crippen LogP contribution in [0.25, 0.3) is 0 Å². The second kappa shape index (κ2) is 31.9. The Morgan fingerprint density at radius 3 is 1.00 bits per heavy atom. The van der Waals surface area contributed by atoms with Crippen LogP contribution < -0.4 is 0 Å². The minimum Gasteiger partial charge on any atom is -0.303 e. The van der Waals surface area contributed by atoms with E-state index in [9.17, 15) is 0 Å². The zero-order valence-corrected chi connectivity index (χ0v) is 29.4. The van der Waals surface area contributed by atoms with Gasteiger partial charge in [-0.2, -0.15) is 0 Å². The summed E-state index contributed by atoms with van der Waals surface area (Å²) in [7, 11) is 0. The van der Waals surface area contributed by atoms with E-state index < -0.39 is 0 Å². The first-order valence-corrected chi connectivity index (χ1v) is 19.3. The van der Waals surface area contributed by atoms with Crippen molar-refractivity contribution in [3.63, 3.8) is 0 Å². The first kappa shape index (κ1) is 40.0. The van der Waals surface area contributed by atoms with Crippen LogP contribution in [0.5, 0.6) is 0 Å². The molecule has 0 rings (SSSR count). The van der Waals surface area contributed by atoms with E-state index >= 15 is 0 Å². The van der Waals surface area contributed by atoms with Gasteiger partial charge in [0.25, 0.3) is 0 Å². The molecule has 0 aliphatic carbocycles. The van der Waals surface area contributed by atoms with Crippen molar-refractivity contribution in [3.05, 3.63) is 0 Å². The topological polar surface area (TPSA) is 3.24 Å². The molecule has 0 amide bonds. The summed E-state index contributed by atoms with van der Waals surface area (Å²) < 4.78 is 0. The highest BCUT2D eigenvalue weighted by Crippen LogP contribution is 2.22. The second-order valence-electron chi connectivity index (χ2n) is 14.0. The van der Waals surface area contributed by atoms with Gasteiger partial charge in [0.15, 0.2) is 0 Å². The number of rotatable bonds is 33. The van der Waals surface area contributed by atoms with Gasteiger partial charge in [-0.1, -0.05) is 196 Å². The number of hydrogen-bond donors (Lipinski definition) is 0. The van der Waals surface area contributed by atoms with Gasteiger partial charge in [-0.25, -0.2) is 0 Å². The van der Waals surface area contributed by atoms with Gasteiger partial charge in [-0.3, -0.25) is 0 Å². The molecule has 0 saturated carbocycles. The van der Waals surface area contributed by atoms with E-state index in [4.69, 9.17) is 0 Å². The van der Waals surface area contributed by atoms with E-state index in [1.54, 1.807) is 0 Å². The fourth-order valence-corrected chi connectivity index (χ4v) is 6.72. The zero-order valence-electron chi connectivity index (χ0n) is 29.4. The second-order valence-corrected chi connectivity index (χ2v) is 14.0. The van der Waals surface area contributed by atoms with E-state index in [0.717, 1.165) is 17.8 Å². The fourth-order valence-electron chi connectivity index (χ4n) is 6.72. The maximum absolute atomic E-state index is 2.91. The van der Waals surface area contributed by atoms with Crippen molar-refractivity contribution in [2.45, 2.75) is 215 Å². The molecule has 0 N–H and O–H groups in total. The summed E-state index contributed by atoms with van der Waals surface area (Å²) in [6.07, 6.45) is 39.0. The molecular weight excluding hydrogens is 482 g/mol. The van der Waals surface area contributed by atoms with Gasteiger partial charge < -0.3 is 4.90 Å². The Bertz CT molecular complexity index is 442. The zero-order chi connectivity index (χ0) is 29.5. The van der Waals surface area contributed by atoms with E-state index in [0.29, 0.717) is 0 Å². The molecule has 0 spiro atoms. The van der Waals surface area contributed by atoms with E-state index in [1.807, 2.05) is 0 Å². The van der Waals surface area contributed by atoms with Crippen LogP contribution in [0.3, 0.4) is 0 Å². The minimum absolute atomic E-state index is 0.855. The quantitative estimate of drug-likeness (QED) is 0.0718. The molecule has 0 aromatic heterocycles. The van der Waals surface area contributed by atoms with Crippen LogP contribution in [-0.2, 0) is 0 Å². The smallest absolute Gasteiger partial charge is 0.000978 e. The molecule has 3 atom stereocenters. The summed E-state index contributed by atoms with van der Waals surface area (Å²) in [5.74, 6) is 2.66. The third-order valence-electron chi connectivity index (χ3n) is 9.74. The van der Waals surface area contributed by atoms with Crippen LogP contribution in [0.1, 0.15) is 215 Å². The lowest BCUT2D eigenvalue weighted by atomic mass is 9.94. The van der Waals surface area contributed by atoms with Crippen LogP contribution in [-0.4, -0.2) is 24.5 Å². The molecule has 0 aliphatic heterocycles. The van der Waals surface area contributed by atoms with Crippen LogP contribution in [0.15, 0.2) is 0 Å². The molecule has 0 radical (unpaired) electrons. The van der Waals surface area contributed by atoms with Gasteiger partial charge >= 0.3 is 0 Å². The molecule has 0 heterocycles. The van der Waals surface area contributed by atoms with Crippen molar-refractivity contribution < 1.29 is 0 Å². The first-order valence-electron chi connectivity index (χ1n) is 19.3. The fraction of sp³-hybridized carbons (Fsp3) is 1.00. The SMILES string of the molecule is CCCCCCCCCCCCCCCCCCCCC(C)CN(CC(CC)CCCC)CC(CC)CCCC. The lowest BCUT2D eigenvalue weighted by Crippen LogP contribution is -2.37. The molecule has 0 saturated heterocycles. The minimum atomic E-state index is 0.855. The molecule has 3 unspecified atom stereocenters. The van der Waals surface area contributed by atoms with Crippen LogP contribution in [0.4, 0.5) is 0 Å². The number of nitrogens with zero attached hydrogens (tertiary/aromatic N) is 1. The maximum Gasteiger partial charge on any atom is 0.000978 e. The molecule has 40 heavy (non-hydrogen) atoms. The Morgan fingerprint density at radius 1 is 0.350 bits per heavy atom. The molecule has 0 aliphatic rings. The lowest BCUT2D eigenvalue weighted by molar-refractivity contribution is 0.157. The van der Waals surface area contributed by atoms with Crippen molar-refractivity contribution in [1.82, 2.24) is 4.90 Å². The largest absolute Gasteiger partial charge is 0.303 e. The molecule has 0 fully saturated rings. The van der Waals surface area contributed by atoms with Gasteiger partial charge in [0, 0.05) is 19.6 Å². The van der Waals surface area contributed by atoms with Gasteiger partial charge in [0.1, 0.15) is 0 Å². The van der Waals surface area contributed by atoms with Crippen LogP contribution >= 0.6 is 0 Å². The lowest BCUT2D eigenvalue weighted by Gasteiger charge is -2.32. The standard InChI is InChI=1S/C39H81N/c1-7-12-15-16-17-18-19-20-21-22-23-24-25-26-27-28-29-30-31-37(6)34-40(35-38(10-4)32-13-8-2)36-39(11-5)33-14-9-3/h37-39H,7-36H2,1-6H3. The van der Waals surface area contributed by atoms with Crippen LogP contribution in [0.2, 0.25) is 0 Å². The Balaban J connectivity index is 3.92. The highest BCUT2D eigenvalue weighted by molar-refractivity contribution is 4.72. The highest BCUT2D eigenvalue weighted by Gasteiger charge is 2.18. The summed E-state index contributed by atoms with van der Waals surface area (Å²) in [5.41, 5.74) is 0. The average Bonchev–Trinajstić information content (AvgIpc) is 2.96. The van der Waals surface area contributed by atoms with Gasteiger partial charge in [-0.05, 0) is 37.0 Å². The molecule has 0 bridgehead atoms. The Hall–Kier alpha value is -0.0400. The Labute approximate surface area is 256 Å². The van der Waals surface area contributed by atoms with E-state index in [-0.39, 0.29) is 0 Å². The molecule has 242 valence electrons. The van der Waals surface area contributed by atoms with Gasteiger partial charge in [0.05, 0.1) is 0 Å². The molecular formula is C39H81N. The summed E-state index contributed by atoms with van der Waals surface area (Å²) >= 11 is 0. The summed E-state index contributed by atoms with van der Waals surface area (Å²) in [5, 5.41) is 0. The van der Waals surface area contributed by atoms with Crippen molar-refractivity contribution >= 4 is 0 Å². The third-order valence-corrected chi connectivity index (χ3v) is 9.74. The van der Waals surface area contributed by atoms with Crippen molar-refractivity contribution in [1.29, 1.82) is 0 Å². The van der Waals surface area contributed by atoms with Crippen LogP contribution in [0, 0.1) is 17.8 Å². The van der Waals surface area contributed by atoms with Gasteiger partial charge in [0.2, 0.25) is 0 Å². The summed E-state index contributed by atoms with van der Waals surface area (Å²) in [6.45, 7) is 18.4. The number of unbranched alkanes of at least 4 members (excludes halogenated alkanes) is 19. The van der Waals surface area contributed by atoms with Crippen molar-refractivity contribution in [2.75, 3.05) is 19.6 Å². The van der Waals surface area contributed by atoms with Crippen molar-refractivity contribution in [3.8, 4) is 0 Å². The average molecular weight is 564 g/mol. The third kappa shape index (κ3) is 26.8. The molecule has 0 aromatic carbocycles. The first-order chi connectivity index (χ1) is 19.6. The van der Waals surface area contributed by atoms with Gasteiger partial charge in [-0.15, -0.1) is 0 Å². The predicted molar refractivity (Wildman–Crippen MR) is 186 cm³/mol. The van der Waals surface area contributed by atoms with E-state index in [2.05, 4.69) is 46.4 Å². The monoisotopic (exact) mass is 564 g/mol. The van der Waals surface area contributed by atoms with Crippen molar-refractivity contribution in [2.24, 2.45) is 17.8 Å². The predicted octanol–water partition coefficient (Wildman–Crippen LogP) is 13.8. The Morgan fingerprint density at radius 2 is 0.675 bits per heavy atom. The molecule has 1 heteroatoms. The highest BCUT2D eigenvalue weighted by atomic mass is 15.1. The molecule has 1 nitrogen and oxygen atoms in total. The molecule has 0 aromatic rings. The van der Waals surface area contributed by atoms with E-state index in [1.165, 1.54) is 193 Å². The summed E-state index contributed by atoms with van der Waals surface area (Å²) in [6, 6.07) is 0. The normalized spacial score (nSPS) is 14.2. The maximum atomic E-state index is 2.91. The number of hydrogen-bond acceptors (Lipinski definition) is 1.